The van der Waals surface area contributed by atoms with E-state index in [2.05, 4.69) is 15.4 Å². The van der Waals surface area contributed by atoms with E-state index in [0.717, 1.165) is 12.4 Å². The molecule has 96 valence electrons. The molecular formula is C12H22N4O. The second-order valence-corrected chi connectivity index (χ2v) is 4.97. The van der Waals surface area contributed by atoms with Crippen LogP contribution in [0.25, 0.3) is 0 Å². The monoisotopic (exact) mass is 238 g/mol. The van der Waals surface area contributed by atoms with Crippen LogP contribution in [0.3, 0.4) is 0 Å². The summed E-state index contributed by atoms with van der Waals surface area (Å²) in [7, 11) is 0. The number of carbonyl (C=O) groups excluding carboxylic acids is 1. The summed E-state index contributed by atoms with van der Waals surface area (Å²) in [5.74, 6) is 0.866. The van der Waals surface area contributed by atoms with Crippen molar-refractivity contribution in [2.24, 2.45) is 0 Å². The maximum Gasteiger partial charge on any atom is 0.159 e. The van der Waals surface area contributed by atoms with E-state index in [1.54, 1.807) is 4.68 Å². The lowest BCUT2D eigenvalue weighted by Gasteiger charge is -2.24. The van der Waals surface area contributed by atoms with Crippen LogP contribution in [0.15, 0.2) is 6.33 Å². The lowest BCUT2D eigenvalue weighted by atomic mass is 9.96. The predicted molar refractivity (Wildman–Crippen MR) is 66.9 cm³/mol. The molecule has 1 heterocycles. The zero-order valence-corrected chi connectivity index (χ0v) is 11.3. The van der Waals surface area contributed by atoms with Gasteiger partial charge in [-0.05, 0) is 34.2 Å². The minimum absolute atomic E-state index is 0.134. The topological polar surface area (TPSA) is 59.8 Å². The van der Waals surface area contributed by atoms with Crippen LogP contribution in [-0.2, 0) is 11.2 Å². The molecule has 0 bridgehead atoms. The first kappa shape index (κ1) is 13.8. The maximum absolute atomic E-state index is 12.2. The van der Waals surface area contributed by atoms with Gasteiger partial charge in [0.25, 0.3) is 0 Å². The number of nitrogens with zero attached hydrogens (tertiary/aromatic N) is 3. The number of carbonyl (C=O) groups is 1. The summed E-state index contributed by atoms with van der Waals surface area (Å²) in [6, 6.07) is 0.225. The predicted octanol–water partition coefficient (Wildman–Crippen LogP) is 1.36. The number of ketones is 1. The number of hydrogen-bond acceptors (Lipinski definition) is 4. The molecule has 1 N–H and O–H groups in total. The summed E-state index contributed by atoms with van der Waals surface area (Å²) in [5, 5.41) is 7.31. The first-order chi connectivity index (χ1) is 7.88. The van der Waals surface area contributed by atoms with Crippen LogP contribution in [0, 0.1) is 0 Å². The molecule has 0 radical (unpaired) electrons. The first-order valence-corrected chi connectivity index (χ1v) is 6.05. The minimum atomic E-state index is -0.511. The molecule has 0 aliphatic rings. The largest absolute Gasteiger partial charge is 0.306 e. The van der Waals surface area contributed by atoms with Gasteiger partial charge in [0, 0.05) is 6.04 Å². The number of hydrogen-bond donors (Lipinski definition) is 1. The lowest BCUT2D eigenvalue weighted by Crippen LogP contribution is -2.47. The van der Waals surface area contributed by atoms with Crippen LogP contribution in [0.4, 0.5) is 0 Å². The first-order valence-electron chi connectivity index (χ1n) is 6.05. The standard InChI is InChI=1S/C12H22N4O/c1-6-14-12(4,5)10(17)7-11-13-8-15-16(11)9(2)3/h8-9,14H,6-7H2,1-5H3. The highest BCUT2D eigenvalue weighted by Crippen LogP contribution is 2.11. The van der Waals surface area contributed by atoms with Crippen molar-refractivity contribution in [3.63, 3.8) is 0 Å². The molecule has 0 saturated heterocycles. The number of aromatic nitrogens is 3. The van der Waals surface area contributed by atoms with E-state index >= 15 is 0 Å². The van der Waals surface area contributed by atoms with E-state index < -0.39 is 5.54 Å². The Balaban J connectivity index is 2.77. The van der Waals surface area contributed by atoms with E-state index in [-0.39, 0.29) is 11.8 Å². The Morgan fingerprint density at radius 1 is 1.53 bits per heavy atom. The van der Waals surface area contributed by atoms with Gasteiger partial charge in [-0.25, -0.2) is 9.67 Å². The van der Waals surface area contributed by atoms with Crippen molar-refractivity contribution in [3.8, 4) is 0 Å². The van der Waals surface area contributed by atoms with Gasteiger partial charge in [0.05, 0.1) is 12.0 Å². The van der Waals surface area contributed by atoms with E-state index in [4.69, 9.17) is 0 Å². The Labute approximate surface area is 103 Å². The average molecular weight is 238 g/mol. The smallest absolute Gasteiger partial charge is 0.159 e. The fourth-order valence-electron chi connectivity index (χ4n) is 1.74. The second kappa shape index (κ2) is 5.40. The lowest BCUT2D eigenvalue weighted by molar-refractivity contribution is -0.123. The summed E-state index contributed by atoms with van der Waals surface area (Å²) >= 11 is 0. The zero-order chi connectivity index (χ0) is 13.1. The second-order valence-electron chi connectivity index (χ2n) is 4.97. The van der Waals surface area contributed by atoms with E-state index in [0.29, 0.717) is 6.42 Å². The molecule has 0 atom stereocenters. The van der Waals surface area contributed by atoms with Crippen molar-refractivity contribution in [1.29, 1.82) is 0 Å². The van der Waals surface area contributed by atoms with Crippen LogP contribution in [0.1, 0.15) is 46.5 Å². The molecule has 5 heteroatoms. The highest BCUT2D eigenvalue weighted by molar-refractivity contribution is 5.88. The van der Waals surface area contributed by atoms with Gasteiger partial charge in [0.1, 0.15) is 12.2 Å². The molecule has 17 heavy (non-hydrogen) atoms. The van der Waals surface area contributed by atoms with Crippen LogP contribution in [0.2, 0.25) is 0 Å². The van der Waals surface area contributed by atoms with Gasteiger partial charge < -0.3 is 5.32 Å². The molecule has 0 amide bonds. The van der Waals surface area contributed by atoms with Gasteiger partial charge in [0.2, 0.25) is 0 Å². The molecule has 0 unspecified atom stereocenters. The third-order valence-corrected chi connectivity index (χ3v) is 2.77. The fraction of sp³-hybridized carbons (Fsp3) is 0.750. The van der Waals surface area contributed by atoms with Crippen molar-refractivity contribution >= 4 is 5.78 Å². The van der Waals surface area contributed by atoms with Crippen molar-refractivity contribution in [2.45, 2.75) is 52.6 Å². The molecule has 1 rings (SSSR count). The van der Waals surface area contributed by atoms with Crippen molar-refractivity contribution in [3.05, 3.63) is 12.2 Å². The number of likely N-dealkylation sites (N-methyl/N-ethyl adjacent to an activating group) is 1. The van der Waals surface area contributed by atoms with Gasteiger partial charge in [0.15, 0.2) is 5.78 Å². The normalized spacial score (nSPS) is 12.1. The number of Topliss-reactive ketones (excluding diaryl/α,β-unsaturated/α-hetero) is 1. The Morgan fingerprint density at radius 2 is 2.18 bits per heavy atom. The van der Waals surface area contributed by atoms with Crippen molar-refractivity contribution in [1.82, 2.24) is 20.1 Å². The molecule has 0 aliphatic carbocycles. The summed E-state index contributed by atoms with van der Waals surface area (Å²) in [6.45, 7) is 10.6. The fourth-order valence-corrected chi connectivity index (χ4v) is 1.74. The van der Waals surface area contributed by atoms with Crippen molar-refractivity contribution < 1.29 is 4.79 Å². The number of nitrogens with one attached hydrogen (secondary N) is 1. The number of rotatable bonds is 6. The van der Waals surface area contributed by atoms with E-state index in [1.165, 1.54) is 6.33 Å². The molecule has 5 nitrogen and oxygen atoms in total. The zero-order valence-electron chi connectivity index (χ0n) is 11.3. The molecule has 1 aromatic heterocycles. The maximum atomic E-state index is 12.2. The SMILES string of the molecule is CCNC(C)(C)C(=O)Cc1ncnn1C(C)C. The molecule has 1 aromatic rings. The Hall–Kier alpha value is -1.23. The van der Waals surface area contributed by atoms with Crippen molar-refractivity contribution in [2.75, 3.05) is 6.54 Å². The third-order valence-electron chi connectivity index (χ3n) is 2.77. The van der Waals surface area contributed by atoms with Gasteiger partial charge in [-0.15, -0.1) is 0 Å². The quantitative estimate of drug-likeness (QED) is 0.813. The third kappa shape index (κ3) is 3.36. The molecular weight excluding hydrogens is 216 g/mol. The van der Waals surface area contributed by atoms with E-state index in [1.807, 2.05) is 34.6 Å². The summed E-state index contributed by atoms with van der Waals surface area (Å²) in [5.41, 5.74) is -0.511. The Bertz CT molecular complexity index is 382. The van der Waals surface area contributed by atoms with Gasteiger partial charge in [-0.2, -0.15) is 5.10 Å². The highest BCUT2D eigenvalue weighted by Gasteiger charge is 2.27. The van der Waals surface area contributed by atoms with Crippen LogP contribution in [0.5, 0.6) is 0 Å². The van der Waals surface area contributed by atoms with Crippen LogP contribution in [-0.4, -0.2) is 32.6 Å². The minimum Gasteiger partial charge on any atom is -0.306 e. The molecule has 0 aromatic carbocycles. The molecule has 0 spiro atoms. The summed E-state index contributed by atoms with van der Waals surface area (Å²) in [4.78, 5) is 16.3. The molecule has 0 aliphatic heterocycles. The Morgan fingerprint density at radius 3 is 2.71 bits per heavy atom. The molecule has 0 saturated carbocycles. The summed E-state index contributed by atoms with van der Waals surface area (Å²) in [6.07, 6.45) is 1.82. The molecule has 0 fully saturated rings. The van der Waals surface area contributed by atoms with Gasteiger partial charge in [-0.1, -0.05) is 6.92 Å². The van der Waals surface area contributed by atoms with E-state index in [9.17, 15) is 4.79 Å². The van der Waals surface area contributed by atoms with Gasteiger partial charge >= 0.3 is 0 Å². The van der Waals surface area contributed by atoms with Crippen LogP contribution < -0.4 is 5.32 Å². The van der Waals surface area contributed by atoms with Gasteiger partial charge in [-0.3, -0.25) is 4.79 Å². The Kier molecular flexibility index (Phi) is 4.40. The summed E-state index contributed by atoms with van der Waals surface area (Å²) < 4.78 is 1.79. The highest BCUT2D eigenvalue weighted by atomic mass is 16.1. The van der Waals surface area contributed by atoms with Crippen LogP contribution >= 0.6 is 0 Å². The average Bonchev–Trinajstić information content (AvgIpc) is 2.65.